The number of nitrogens with zero attached hydrogens (tertiary/aromatic N) is 2. The average Bonchev–Trinajstić information content (AvgIpc) is 3.02. The lowest BCUT2D eigenvalue weighted by molar-refractivity contribution is 0.0526. The summed E-state index contributed by atoms with van der Waals surface area (Å²) >= 11 is 6.54. The molecule has 0 saturated carbocycles. The Balaban J connectivity index is 1.89. The number of unbranched alkanes of at least 4 members (excludes halogenated alkanes) is 2. The van der Waals surface area contributed by atoms with Crippen LogP contribution in [-0.4, -0.2) is 22.1 Å². The number of rotatable bonds is 6. The number of halogens is 1. The summed E-state index contributed by atoms with van der Waals surface area (Å²) < 4.78 is 7.18. The molecule has 0 saturated heterocycles. The Hall–Kier alpha value is -2.77. The summed E-state index contributed by atoms with van der Waals surface area (Å²) in [7, 11) is 0. The smallest absolute Gasteiger partial charge is 0.338 e. The van der Waals surface area contributed by atoms with E-state index in [9.17, 15) is 4.79 Å². The molecule has 0 N–H and O–H groups in total. The molecule has 29 heavy (non-hydrogen) atoms. The van der Waals surface area contributed by atoms with Gasteiger partial charge in [-0.15, -0.1) is 0 Å². The van der Waals surface area contributed by atoms with E-state index in [0.29, 0.717) is 23.7 Å². The highest BCUT2D eigenvalue weighted by atomic mass is 35.5. The average molecular weight is 409 g/mol. The third kappa shape index (κ3) is 4.99. The zero-order valence-corrected chi connectivity index (χ0v) is 17.8. The van der Waals surface area contributed by atoms with E-state index in [1.807, 2.05) is 37.3 Å². The van der Waals surface area contributed by atoms with Gasteiger partial charge >= 0.3 is 5.97 Å². The van der Waals surface area contributed by atoms with Gasteiger partial charge in [0, 0.05) is 17.0 Å². The van der Waals surface area contributed by atoms with Gasteiger partial charge in [-0.2, -0.15) is 0 Å². The molecule has 0 atom stereocenters. The highest BCUT2D eigenvalue weighted by Gasteiger charge is 2.13. The minimum absolute atomic E-state index is 0.330. The van der Waals surface area contributed by atoms with Crippen molar-refractivity contribution in [2.75, 3.05) is 6.61 Å². The first-order valence-corrected chi connectivity index (χ1v) is 10.3. The summed E-state index contributed by atoms with van der Waals surface area (Å²) in [6, 6.07) is 11.3. The van der Waals surface area contributed by atoms with E-state index in [4.69, 9.17) is 16.3 Å². The van der Waals surface area contributed by atoms with Crippen LogP contribution in [0.3, 0.4) is 0 Å². The van der Waals surface area contributed by atoms with Crippen LogP contribution in [-0.2, 0) is 11.3 Å². The number of ether oxygens (including phenoxy) is 1. The number of benzene rings is 2. The third-order valence-corrected chi connectivity index (χ3v) is 5.07. The molecule has 150 valence electrons. The van der Waals surface area contributed by atoms with Crippen LogP contribution in [0.5, 0.6) is 0 Å². The molecule has 0 aliphatic carbocycles. The molecule has 1 heterocycles. The van der Waals surface area contributed by atoms with Crippen molar-refractivity contribution in [3.63, 3.8) is 0 Å². The Bertz CT molecular complexity index is 1090. The van der Waals surface area contributed by atoms with Gasteiger partial charge in [-0.05, 0) is 56.2 Å². The maximum Gasteiger partial charge on any atom is 0.338 e. The number of carbonyl (C=O) groups excluding carboxylic acids is 1. The minimum atomic E-state index is -0.330. The summed E-state index contributed by atoms with van der Waals surface area (Å²) in [6.07, 6.45) is 3.16. The van der Waals surface area contributed by atoms with Crippen molar-refractivity contribution in [1.29, 1.82) is 0 Å². The fraction of sp³-hybridized carbons (Fsp3) is 0.333. The fourth-order valence-electron chi connectivity index (χ4n) is 3.14. The van der Waals surface area contributed by atoms with Gasteiger partial charge in [0.05, 0.1) is 29.7 Å². The number of esters is 1. The largest absolute Gasteiger partial charge is 0.462 e. The normalized spacial score (nSPS) is 10.6. The van der Waals surface area contributed by atoms with E-state index >= 15 is 0 Å². The molecule has 2 aromatic carbocycles. The lowest BCUT2D eigenvalue weighted by Crippen LogP contribution is -2.06. The lowest BCUT2D eigenvalue weighted by Gasteiger charge is -2.10. The fourth-order valence-corrected chi connectivity index (χ4v) is 3.38. The molecule has 4 nitrogen and oxygen atoms in total. The van der Waals surface area contributed by atoms with Crippen LogP contribution in [0.15, 0.2) is 36.4 Å². The Morgan fingerprint density at radius 1 is 1.21 bits per heavy atom. The molecule has 0 aliphatic rings. The Kier molecular flexibility index (Phi) is 6.95. The quantitative estimate of drug-likeness (QED) is 0.295. The molecule has 0 spiro atoms. The van der Waals surface area contributed by atoms with Crippen molar-refractivity contribution in [3.05, 3.63) is 63.9 Å². The zero-order chi connectivity index (χ0) is 20.8. The first kappa shape index (κ1) is 21.0. The Morgan fingerprint density at radius 2 is 2.03 bits per heavy atom. The van der Waals surface area contributed by atoms with Crippen molar-refractivity contribution < 1.29 is 9.53 Å². The van der Waals surface area contributed by atoms with E-state index in [-0.39, 0.29) is 5.97 Å². The molecule has 3 aromatic rings. The molecule has 0 amide bonds. The van der Waals surface area contributed by atoms with Gasteiger partial charge in [-0.3, -0.25) is 0 Å². The van der Waals surface area contributed by atoms with Crippen LogP contribution in [0, 0.1) is 18.8 Å². The second-order valence-corrected chi connectivity index (χ2v) is 7.29. The number of hydrogen-bond donors (Lipinski definition) is 0. The monoisotopic (exact) mass is 408 g/mol. The molecule has 5 heteroatoms. The summed E-state index contributed by atoms with van der Waals surface area (Å²) in [6.45, 7) is 6.82. The number of hydrogen-bond acceptors (Lipinski definition) is 3. The van der Waals surface area contributed by atoms with E-state index in [1.165, 1.54) is 0 Å². The number of imidazole rings is 1. The standard InChI is InChI=1S/C24H25ClN2O2/c1-4-6-7-8-9-18-10-11-20(21(25)14-18)16-27-17(3)26-22-13-12-19(15-23(22)27)24(28)29-5-2/h10-15H,4-7,16H2,1-3H3. The van der Waals surface area contributed by atoms with Crippen LogP contribution in [0.4, 0.5) is 0 Å². The topological polar surface area (TPSA) is 44.1 Å². The highest BCUT2D eigenvalue weighted by Crippen LogP contribution is 2.24. The molecule has 0 unspecified atom stereocenters. The van der Waals surface area contributed by atoms with Crippen LogP contribution >= 0.6 is 11.6 Å². The molecule has 1 aromatic heterocycles. The molecule has 0 aliphatic heterocycles. The van der Waals surface area contributed by atoms with Crippen LogP contribution in [0.1, 0.15) is 60.4 Å². The van der Waals surface area contributed by atoms with Crippen LogP contribution < -0.4 is 0 Å². The van der Waals surface area contributed by atoms with Crippen molar-refractivity contribution in [1.82, 2.24) is 9.55 Å². The third-order valence-electron chi connectivity index (χ3n) is 4.72. The first-order valence-electron chi connectivity index (χ1n) is 9.94. The van der Waals surface area contributed by atoms with Gasteiger partial charge in [0.15, 0.2) is 0 Å². The maximum atomic E-state index is 12.1. The molecule has 0 radical (unpaired) electrons. The predicted octanol–water partition coefficient (Wildman–Crippen LogP) is 5.76. The predicted molar refractivity (Wildman–Crippen MR) is 117 cm³/mol. The second kappa shape index (κ2) is 9.62. The van der Waals surface area contributed by atoms with Crippen molar-refractivity contribution in [2.24, 2.45) is 0 Å². The van der Waals surface area contributed by atoms with Crippen LogP contribution in [0.2, 0.25) is 5.02 Å². The Morgan fingerprint density at radius 3 is 2.76 bits per heavy atom. The number of carbonyl (C=O) groups is 1. The SMILES string of the molecule is CCCCC#Cc1ccc(Cn2c(C)nc3ccc(C(=O)OCC)cc32)c(Cl)c1. The van der Waals surface area contributed by atoms with Gasteiger partial charge in [-0.1, -0.05) is 42.9 Å². The van der Waals surface area contributed by atoms with E-state index in [0.717, 1.165) is 47.2 Å². The molecule has 0 bridgehead atoms. The van der Waals surface area contributed by atoms with Crippen LogP contribution in [0.25, 0.3) is 11.0 Å². The summed E-state index contributed by atoms with van der Waals surface area (Å²) in [5, 5.41) is 0.676. The number of aromatic nitrogens is 2. The van der Waals surface area contributed by atoms with E-state index in [2.05, 4.69) is 28.3 Å². The van der Waals surface area contributed by atoms with Gasteiger partial charge in [-0.25, -0.2) is 9.78 Å². The summed E-state index contributed by atoms with van der Waals surface area (Å²) in [4.78, 5) is 16.7. The van der Waals surface area contributed by atoms with E-state index in [1.54, 1.807) is 13.0 Å². The number of fused-ring (bicyclic) bond motifs is 1. The number of aryl methyl sites for hydroxylation is 1. The van der Waals surface area contributed by atoms with Crippen molar-refractivity contribution >= 4 is 28.6 Å². The zero-order valence-electron chi connectivity index (χ0n) is 17.1. The molecule has 0 fully saturated rings. The van der Waals surface area contributed by atoms with Gasteiger partial charge in [0.2, 0.25) is 0 Å². The van der Waals surface area contributed by atoms with Crippen molar-refractivity contribution in [2.45, 2.75) is 46.6 Å². The first-order chi connectivity index (χ1) is 14.0. The molecular weight excluding hydrogens is 384 g/mol. The molecular formula is C24H25ClN2O2. The highest BCUT2D eigenvalue weighted by molar-refractivity contribution is 6.31. The summed E-state index contributed by atoms with van der Waals surface area (Å²) in [5.74, 6) is 6.89. The van der Waals surface area contributed by atoms with Gasteiger partial charge in [0.25, 0.3) is 0 Å². The van der Waals surface area contributed by atoms with Crippen molar-refractivity contribution in [3.8, 4) is 11.8 Å². The minimum Gasteiger partial charge on any atom is -0.462 e. The Labute approximate surface area is 176 Å². The maximum absolute atomic E-state index is 12.1. The lowest BCUT2D eigenvalue weighted by atomic mass is 10.1. The van der Waals surface area contributed by atoms with Gasteiger partial charge < -0.3 is 9.30 Å². The summed E-state index contributed by atoms with van der Waals surface area (Å²) in [5.41, 5.74) is 4.14. The molecule has 3 rings (SSSR count). The van der Waals surface area contributed by atoms with E-state index < -0.39 is 0 Å². The second-order valence-electron chi connectivity index (χ2n) is 6.88. The van der Waals surface area contributed by atoms with Gasteiger partial charge in [0.1, 0.15) is 5.82 Å².